The Kier molecular flexibility index (Phi) is 4.75. The highest BCUT2D eigenvalue weighted by Crippen LogP contribution is 2.34. The van der Waals surface area contributed by atoms with Gasteiger partial charge in [-0.2, -0.15) is 0 Å². The summed E-state index contributed by atoms with van der Waals surface area (Å²) >= 11 is 0. The fraction of sp³-hybridized carbons (Fsp3) is 0.684. The first-order chi connectivity index (χ1) is 12.5. The molecule has 142 valence electrons. The molecule has 0 aliphatic carbocycles. The summed E-state index contributed by atoms with van der Waals surface area (Å²) in [5.41, 5.74) is 1.31. The Morgan fingerprint density at radius 2 is 2.35 bits per heavy atom. The molecule has 0 aromatic carbocycles. The largest absolute Gasteiger partial charge is 0.465 e. The molecule has 7 nitrogen and oxygen atoms in total. The minimum atomic E-state index is -0.368. The van der Waals surface area contributed by atoms with Crippen molar-refractivity contribution in [2.75, 3.05) is 26.2 Å². The highest BCUT2D eigenvalue weighted by Gasteiger charge is 2.46. The van der Waals surface area contributed by atoms with Gasteiger partial charge in [0.2, 0.25) is 0 Å². The molecule has 3 aliphatic rings. The number of carbonyl (C=O) groups is 1. The lowest BCUT2D eigenvalue weighted by Crippen LogP contribution is -2.39. The van der Waals surface area contributed by atoms with E-state index in [4.69, 9.17) is 14.0 Å². The zero-order valence-electron chi connectivity index (χ0n) is 15.5. The van der Waals surface area contributed by atoms with Crippen LogP contribution in [0.1, 0.15) is 42.8 Å². The number of hydrogen-bond acceptors (Lipinski definition) is 6. The number of nitrogens with one attached hydrogen (secondary N) is 1. The van der Waals surface area contributed by atoms with E-state index in [1.807, 2.05) is 6.92 Å². The van der Waals surface area contributed by atoms with Crippen LogP contribution in [-0.2, 0) is 20.9 Å². The Labute approximate surface area is 153 Å². The van der Waals surface area contributed by atoms with E-state index in [1.165, 1.54) is 5.56 Å². The number of hydrogen-bond donors (Lipinski definition) is 1. The predicted octanol–water partition coefficient (Wildman–Crippen LogP) is 1.91. The Morgan fingerprint density at radius 1 is 1.46 bits per heavy atom. The molecular weight excluding hydrogens is 334 g/mol. The molecule has 1 N–H and O–H groups in total. The van der Waals surface area contributed by atoms with Crippen LogP contribution in [0.25, 0.3) is 0 Å². The van der Waals surface area contributed by atoms with E-state index < -0.39 is 0 Å². The molecular formula is C19H27N3O4. The summed E-state index contributed by atoms with van der Waals surface area (Å²) < 4.78 is 11.3. The Balaban J connectivity index is 1.27. The fourth-order valence-corrected chi connectivity index (χ4v) is 3.99. The molecule has 0 bridgehead atoms. The molecule has 26 heavy (non-hydrogen) atoms. The topological polar surface area (TPSA) is 76.3 Å². The van der Waals surface area contributed by atoms with Gasteiger partial charge in [0.25, 0.3) is 5.91 Å². The lowest BCUT2D eigenvalue weighted by Gasteiger charge is -2.21. The van der Waals surface area contributed by atoms with Crippen LogP contribution in [0, 0.1) is 13.8 Å². The summed E-state index contributed by atoms with van der Waals surface area (Å²) in [5.74, 6) is 1.82. The Bertz CT molecular complexity index is 688. The lowest BCUT2D eigenvalue weighted by molar-refractivity contribution is -0.115. The summed E-state index contributed by atoms with van der Waals surface area (Å²) in [7, 11) is 0. The van der Waals surface area contributed by atoms with Crippen LogP contribution in [-0.4, -0.2) is 54.5 Å². The minimum Gasteiger partial charge on any atom is -0.465 e. The third-order valence-corrected chi connectivity index (χ3v) is 5.61. The number of aryl methyl sites for hydroxylation is 2. The maximum Gasteiger partial charge on any atom is 0.269 e. The van der Waals surface area contributed by atoms with Crippen molar-refractivity contribution in [2.45, 2.75) is 57.8 Å². The van der Waals surface area contributed by atoms with E-state index in [0.717, 1.165) is 57.0 Å². The standard InChI is InChI=1S/C19H27N3O4/c1-13-8-16(25-14(13)2)11-22-6-5-19(12-22)9-17(21-26-19)18(23)20-10-15-4-3-7-24-15/h8,15H,3-7,9-12H2,1-2H3,(H,20,23). The normalized spacial score (nSPS) is 28.5. The van der Waals surface area contributed by atoms with Crippen molar-refractivity contribution in [1.29, 1.82) is 0 Å². The molecule has 1 spiro atoms. The maximum absolute atomic E-state index is 12.3. The number of oxime groups is 1. The van der Waals surface area contributed by atoms with Crippen molar-refractivity contribution in [3.05, 3.63) is 23.2 Å². The van der Waals surface area contributed by atoms with E-state index in [0.29, 0.717) is 18.7 Å². The van der Waals surface area contributed by atoms with Crippen LogP contribution >= 0.6 is 0 Å². The van der Waals surface area contributed by atoms with Crippen molar-refractivity contribution < 1.29 is 18.8 Å². The maximum atomic E-state index is 12.3. The van der Waals surface area contributed by atoms with Crippen molar-refractivity contribution in [1.82, 2.24) is 10.2 Å². The van der Waals surface area contributed by atoms with E-state index in [-0.39, 0.29) is 17.6 Å². The number of nitrogens with zero attached hydrogens (tertiary/aromatic N) is 2. The van der Waals surface area contributed by atoms with Crippen LogP contribution in [0.15, 0.2) is 15.6 Å². The molecule has 4 rings (SSSR count). The summed E-state index contributed by atoms with van der Waals surface area (Å²) in [6.45, 7) is 7.83. The molecule has 1 aromatic heterocycles. The fourth-order valence-electron chi connectivity index (χ4n) is 3.99. The highest BCUT2D eigenvalue weighted by molar-refractivity contribution is 6.39. The molecule has 3 aliphatic heterocycles. The van der Waals surface area contributed by atoms with Gasteiger partial charge in [-0.15, -0.1) is 0 Å². The predicted molar refractivity (Wildman–Crippen MR) is 95.9 cm³/mol. The van der Waals surface area contributed by atoms with Gasteiger partial charge in [0.05, 0.1) is 12.6 Å². The summed E-state index contributed by atoms with van der Waals surface area (Å²) in [5, 5.41) is 7.02. The zero-order valence-corrected chi connectivity index (χ0v) is 15.5. The molecule has 2 atom stereocenters. The number of rotatable bonds is 5. The number of furan rings is 1. The molecule has 1 amide bonds. The van der Waals surface area contributed by atoms with Crippen molar-refractivity contribution in [3.63, 3.8) is 0 Å². The molecule has 2 fully saturated rings. The van der Waals surface area contributed by atoms with Gasteiger partial charge in [-0.1, -0.05) is 5.16 Å². The molecule has 0 saturated carbocycles. The smallest absolute Gasteiger partial charge is 0.269 e. The van der Waals surface area contributed by atoms with Gasteiger partial charge in [0.1, 0.15) is 17.2 Å². The molecule has 2 unspecified atom stereocenters. The number of amides is 1. The van der Waals surface area contributed by atoms with Crippen LogP contribution in [0.3, 0.4) is 0 Å². The van der Waals surface area contributed by atoms with Gasteiger partial charge in [-0.25, -0.2) is 0 Å². The first kappa shape index (κ1) is 17.5. The second-order valence-corrected chi connectivity index (χ2v) is 7.75. The van der Waals surface area contributed by atoms with Gasteiger partial charge in [0.15, 0.2) is 5.60 Å². The van der Waals surface area contributed by atoms with Crippen LogP contribution in [0.2, 0.25) is 0 Å². The second kappa shape index (κ2) is 7.04. The van der Waals surface area contributed by atoms with Gasteiger partial charge in [-0.05, 0) is 38.3 Å². The molecule has 2 saturated heterocycles. The first-order valence-corrected chi connectivity index (χ1v) is 9.46. The SMILES string of the molecule is Cc1cc(CN2CCC3(CC(C(=O)NCC4CCCO4)=NO3)C2)oc1C. The van der Waals surface area contributed by atoms with Crippen LogP contribution < -0.4 is 5.32 Å². The quantitative estimate of drug-likeness (QED) is 0.867. The van der Waals surface area contributed by atoms with Crippen molar-refractivity contribution in [3.8, 4) is 0 Å². The van der Waals surface area contributed by atoms with Crippen LogP contribution in [0.5, 0.6) is 0 Å². The van der Waals surface area contributed by atoms with Crippen LogP contribution in [0.4, 0.5) is 0 Å². The van der Waals surface area contributed by atoms with Gasteiger partial charge in [0, 0.05) is 39.1 Å². The van der Waals surface area contributed by atoms with E-state index in [1.54, 1.807) is 0 Å². The zero-order chi connectivity index (χ0) is 18.1. The van der Waals surface area contributed by atoms with Crippen molar-refractivity contribution in [2.24, 2.45) is 5.16 Å². The highest BCUT2D eigenvalue weighted by atomic mass is 16.7. The molecule has 0 radical (unpaired) electrons. The Morgan fingerprint density at radius 3 is 3.08 bits per heavy atom. The first-order valence-electron chi connectivity index (χ1n) is 9.46. The number of carbonyl (C=O) groups excluding carboxylic acids is 1. The monoisotopic (exact) mass is 361 g/mol. The van der Waals surface area contributed by atoms with E-state index in [2.05, 4.69) is 28.4 Å². The second-order valence-electron chi connectivity index (χ2n) is 7.75. The third-order valence-electron chi connectivity index (χ3n) is 5.61. The average Bonchev–Trinajstić information content (AvgIpc) is 3.38. The minimum absolute atomic E-state index is 0.131. The average molecular weight is 361 g/mol. The summed E-state index contributed by atoms with van der Waals surface area (Å²) in [6, 6.07) is 2.09. The summed E-state index contributed by atoms with van der Waals surface area (Å²) in [4.78, 5) is 20.4. The summed E-state index contributed by atoms with van der Waals surface area (Å²) in [6.07, 6.45) is 3.65. The molecule has 4 heterocycles. The van der Waals surface area contributed by atoms with Crippen molar-refractivity contribution >= 4 is 11.6 Å². The lowest BCUT2D eigenvalue weighted by atomic mass is 9.96. The molecule has 7 heteroatoms. The van der Waals surface area contributed by atoms with Gasteiger partial charge < -0.3 is 19.3 Å². The molecule has 1 aromatic rings. The van der Waals surface area contributed by atoms with Gasteiger partial charge in [-0.3, -0.25) is 9.69 Å². The van der Waals surface area contributed by atoms with Gasteiger partial charge >= 0.3 is 0 Å². The number of likely N-dealkylation sites (tertiary alicyclic amines) is 1. The number of ether oxygens (including phenoxy) is 1. The third kappa shape index (κ3) is 3.64. The van der Waals surface area contributed by atoms with E-state index in [9.17, 15) is 4.79 Å². The van der Waals surface area contributed by atoms with E-state index >= 15 is 0 Å². The Hall–Kier alpha value is -1.86.